The van der Waals surface area contributed by atoms with Crippen molar-refractivity contribution >= 4 is 48.9 Å². The van der Waals surface area contributed by atoms with E-state index in [1.165, 1.54) is 12.1 Å². The second-order valence-corrected chi connectivity index (χ2v) is 9.67. The number of carbonyl (C=O) groups excluding carboxylic acids is 1. The van der Waals surface area contributed by atoms with Crippen molar-refractivity contribution in [2.45, 2.75) is 18.4 Å². The molecule has 0 unspecified atom stereocenters. The van der Waals surface area contributed by atoms with E-state index in [1.807, 2.05) is 24.4 Å². The summed E-state index contributed by atoms with van der Waals surface area (Å²) >= 11 is 4.90. The van der Waals surface area contributed by atoms with Gasteiger partial charge in [0.25, 0.3) is 15.9 Å². The molecule has 0 saturated heterocycles. The number of thiophene rings is 1. The van der Waals surface area contributed by atoms with Crippen molar-refractivity contribution in [1.82, 2.24) is 4.90 Å². The van der Waals surface area contributed by atoms with Gasteiger partial charge in [-0.05, 0) is 66.9 Å². The van der Waals surface area contributed by atoms with Gasteiger partial charge in [-0.1, -0.05) is 22.0 Å². The highest BCUT2D eigenvalue weighted by Gasteiger charge is 2.17. The van der Waals surface area contributed by atoms with E-state index in [0.717, 1.165) is 9.35 Å². The summed E-state index contributed by atoms with van der Waals surface area (Å²) in [6.07, 6.45) is 0. The topological polar surface area (TPSA) is 66.5 Å². The number of sulfonamides is 1. The van der Waals surface area contributed by atoms with Crippen LogP contribution >= 0.6 is 27.3 Å². The quantitative estimate of drug-likeness (QED) is 0.520. The first-order valence-electron chi connectivity index (χ1n) is 8.59. The molecule has 1 amide bonds. The SMILES string of the molecule is CCN(Cc1cccs1)C(=O)c1ccc(NS(=O)(=O)c2ccc(Br)cc2)cc1. The molecule has 8 heteroatoms. The van der Waals surface area contributed by atoms with Gasteiger partial charge in [-0.15, -0.1) is 11.3 Å². The van der Waals surface area contributed by atoms with Crippen LogP contribution in [0.15, 0.2) is 75.4 Å². The lowest BCUT2D eigenvalue weighted by molar-refractivity contribution is 0.0754. The molecule has 146 valence electrons. The molecule has 0 aliphatic carbocycles. The lowest BCUT2D eigenvalue weighted by Crippen LogP contribution is -2.29. The van der Waals surface area contributed by atoms with Crippen LogP contribution in [0, 0.1) is 0 Å². The van der Waals surface area contributed by atoms with Crippen molar-refractivity contribution in [3.05, 3.63) is 81.0 Å². The predicted molar refractivity (Wildman–Crippen MR) is 116 cm³/mol. The fourth-order valence-electron chi connectivity index (χ4n) is 2.61. The zero-order valence-electron chi connectivity index (χ0n) is 15.1. The highest BCUT2D eigenvalue weighted by molar-refractivity contribution is 9.10. The highest BCUT2D eigenvalue weighted by atomic mass is 79.9. The molecule has 0 fully saturated rings. The molecule has 1 aromatic heterocycles. The van der Waals surface area contributed by atoms with Gasteiger partial charge in [-0.25, -0.2) is 8.42 Å². The van der Waals surface area contributed by atoms with E-state index in [1.54, 1.807) is 52.6 Å². The Hall–Kier alpha value is -2.16. The summed E-state index contributed by atoms with van der Waals surface area (Å²) in [7, 11) is -3.68. The van der Waals surface area contributed by atoms with Gasteiger partial charge in [0.05, 0.1) is 11.4 Å². The van der Waals surface area contributed by atoms with E-state index in [-0.39, 0.29) is 10.8 Å². The van der Waals surface area contributed by atoms with Crippen LogP contribution in [0.2, 0.25) is 0 Å². The van der Waals surface area contributed by atoms with Crippen molar-refractivity contribution in [2.75, 3.05) is 11.3 Å². The fourth-order valence-corrected chi connectivity index (χ4v) is 4.65. The van der Waals surface area contributed by atoms with Gasteiger partial charge >= 0.3 is 0 Å². The summed E-state index contributed by atoms with van der Waals surface area (Å²) < 4.78 is 28.3. The Kier molecular flexibility index (Phi) is 6.53. The van der Waals surface area contributed by atoms with Crippen LogP contribution in [-0.4, -0.2) is 25.8 Å². The predicted octanol–water partition coefficient (Wildman–Crippen LogP) is 4.97. The molecule has 0 spiro atoms. The Balaban J connectivity index is 1.71. The van der Waals surface area contributed by atoms with Crippen LogP contribution < -0.4 is 4.72 Å². The van der Waals surface area contributed by atoms with Gasteiger partial charge in [-0.2, -0.15) is 0 Å². The minimum Gasteiger partial charge on any atom is -0.334 e. The second-order valence-electron chi connectivity index (χ2n) is 6.04. The van der Waals surface area contributed by atoms with Crippen LogP contribution in [0.25, 0.3) is 0 Å². The summed E-state index contributed by atoms with van der Waals surface area (Å²) in [6.45, 7) is 3.09. The molecular formula is C20H19BrN2O3S2. The maximum atomic E-state index is 12.7. The molecule has 3 aromatic rings. The Morgan fingerprint density at radius 3 is 2.32 bits per heavy atom. The first kappa shape index (κ1) is 20.6. The molecule has 3 rings (SSSR count). The largest absolute Gasteiger partial charge is 0.334 e. The lowest BCUT2D eigenvalue weighted by atomic mass is 10.2. The van der Waals surface area contributed by atoms with Crippen molar-refractivity contribution in [3.63, 3.8) is 0 Å². The molecule has 28 heavy (non-hydrogen) atoms. The Morgan fingerprint density at radius 2 is 1.75 bits per heavy atom. The normalized spacial score (nSPS) is 11.2. The number of amides is 1. The molecule has 2 aromatic carbocycles. The number of hydrogen-bond acceptors (Lipinski definition) is 4. The van der Waals surface area contributed by atoms with Gasteiger partial charge in [-0.3, -0.25) is 9.52 Å². The number of benzene rings is 2. The fraction of sp³-hybridized carbons (Fsp3) is 0.150. The van der Waals surface area contributed by atoms with Crippen LogP contribution in [0.5, 0.6) is 0 Å². The molecule has 0 atom stereocenters. The molecule has 0 aliphatic rings. The first-order valence-corrected chi connectivity index (χ1v) is 11.7. The average molecular weight is 479 g/mol. The number of carbonyl (C=O) groups is 1. The summed E-state index contributed by atoms with van der Waals surface area (Å²) in [5, 5.41) is 1.99. The molecule has 1 heterocycles. The van der Waals surface area contributed by atoms with Gasteiger partial charge < -0.3 is 4.90 Å². The van der Waals surface area contributed by atoms with Crippen molar-refractivity contribution in [1.29, 1.82) is 0 Å². The minimum atomic E-state index is -3.68. The molecule has 0 bridgehead atoms. The summed E-state index contributed by atoms with van der Waals surface area (Å²) in [6, 6.07) is 16.8. The van der Waals surface area contributed by atoms with Crippen LogP contribution in [0.1, 0.15) is 22.2 Å². The minimum absolute atomic E-state index is 0.0850. The zero-order chi connectivity index (χ0) is 20.1. The van der Waals surface area contributed by atoms with E-state index < -0.39 is 10.0 Å². The van der Waals surface area contributed by atoms with Gasteiger partial charge in [0.1, 0.15) is 0 Å². The number of nitrogens with one attached hydrogen (secondary N) is 1. The number of anilines is 1. The molecule has 0 radical (unpaired) electrons. The summed E-state index contributed by atoms with van der Waals surface area (Å²) in [5.41, 5.74) is 0.922. The molecule has 0 saturated carbocycles. The Bertz CT molecular complexity index is 1030. The van der Waals surface area contributed by atoms with Gasteiger partial charge in [0.2, 0.25) is 0 Å². The number of halogens is 1. The van der Waals surface area contributed by atoms with Crippen molar-refractivity contribution in [2.24, 2.45) is 0 Å². The van der Waals surface area contributed by atoms with Crippen molar-refractivity contribution in [3.8, 4) is 0 Å². The van der Waals surface area contributed by atoms with Gasteiger partial charge in [0, 0.05) is 27.1 Å². The standard InChI is InChI=1S/C20H19BrN2O3S2/c1-2-23(14-18-4-3-13-27-18)20(24)15-5-9-17(10-6-15)22-28(25,26)19-11-7-16(21)8-12-19/h3-13,22H,2,14H2,1H3. The molecule has 0 aliphatic heterocycles. The number of hydrogen-bond donors (Lipinski definition) is 1. The molecular weight excluding hydrogens is 460 g/mol. The third-order valence-electron chi connectivity index (χ3n) is 4.10. The Morgan fingerprint density at radius 1 is 1.07 bits per heavy atom. The van der Waals surface area contributed by atoms with Crippen LogP contribution in [0.3, 0.4) is 0 Å². The number of rotatable bonds is 7. The van der Waals surface area contributed by atoms with Crippen molar-refractivity contribution < 1.29 is 13.2 Å². The molecule has 1 N–H and O–H groups in total. The smallest absolute Gasteiger partial charge is 0.261 e. The highest BCUT2D eigenvalue weighted by Crippen LogP contribution is 2.20. The van der Waals surface area contributed by atoms with E-state index >= 15 is 0 Å². The first-order chi connectivity index (χ1) is 13.4. The summed E-state index contributed by atoms with van der Waals surface area (Å²) in [5.74, 6) is -0.0850. The van der Waals surface area contributed by atoms with E-state index in [0.29, 0.717) is 24.3 Å². The van der Waals surface area contributed by atoms with Crippen LogP contribution in [-0.2, 0) is 16.6 Å². The molecule has 5 nitrogen and oxygen atoms in total. The maximum Gasteiger partial charge on any atom is 0.261 e. The zero-order valence-corrected chi connectivity index (χ0v) is 18.4. The second kappa shape index (κ2) is 8.89. The third-order valence-corrected chi connectivity index (χ3v) is 6.89. The Labute approximate surface area is 177 Å². The van der Waals surface area contributed by atoms with E-state index in [4.69, 9.17) is 0 Å². The monoisotopic (exact) mass is 478 g/mol. The maximum absolute atomic E-state index is 12.7. The van der Waals surface area contributed by atoms with E-state index in [2.05, 4.69) is 20.7 Å². The van der Waals surface area contributed by atoms with E-state index in [9.17, 15) is 13.2 Å². The van der Waals surface area contributed by atoms with Gasteiger partial charge in [0.15, 0.2) is 0 Å². The summed E-state index contributed by atoms with van der Waals surface area (Å²) in [4.78, 5) is 15.8. The van der Waals surface area contributed by atoms with Crippen LogP contribution in [0.4, 0.5) is 5.69 Å². The number of nitrogens with zero attached hydrogens (tertiary/aromatic N) is 1. The lowest BCUT2D eigenvalue weighted by Gasteiger charge is -2.20. The third kappa shape index (κ3) is 5.01. The average Bonchev–Trinajstić information content (AvgIpc) is 3.19.